The second kappa shape index (κ2) is 4.15. The Morgan fingerprint density at radius 3 is 2.21 bits per heavy atom. The van der Waals surface area contributed by atoms with Gasteiger partial charge in [-0.05, 0) is 12.1 Å². The number of thiocarbonyl (C=S) groups is 1. The summed E-state index contributed by atoms with van der Waals surface area (Å²) < 4.78 is 0. The lowest BCUT2D eigenvalue weighted by molar-refractivity contribution is -0.384. The second-order valence-corrected chi connectivity index (χ2v) is 3.39. The van der Waals surface area contributed by atoms with E-state index in [9.17, 15) is 10.1 Å². The molecule has 0 amide bonds. The molecule has 0 aromatic heterocycles. The van der Waals surface area contributed by atoms with Gasteiger partial charge in [-0.3, -0.25) is 10.1 Å². The molecule has 0 radical (unpaired) electrons. The van der Waals surface area contributed by atoms with Crippen molar-refractivity contribution in [1.82, 2.24) is 4.90 Å². The van der Waals surface area contributed by atoms with Gasteiger partial charge in [-0.25, -0.2) is 0 Å². The zero-order valence-electron chi connectivity index (χ0n) is 7.93. The van der Waals surface area contributed by atoms with Crippen molar-refractivity contribution in [2.24, 2.45) is 0 Å². The van der Waals surface area contributed by atoms with Crippen LogP contribution in [0.1, 0.15) is 5.56 Å². The summed E-state index contributed by atoms with van der Waals surface area (Å²) >= 11 is 5.11. The van der Waals surface area contributed by atoms with Crippen molar-refractivity contribution >= 4 is 22.9 Å². The molecule has 5 heteroatoms. The normalized spacial score (nSPS) is 9.57. The van der Waals surface area contributed by atoms with Crippen LogP contribution in [-0.2, 0) is 0 Å². The predicted octanol–water partition coefficient (Wildman–Crippen LogP) is 1.83. The van der Waals surface area contributed by atoms with Crippen molar-refractivity contribution in [3.05, 3.63) is 39.9 Å². The van der Waals surface area contributed by atoms with Gasteiger partial charge >= 0.3 is 0 Å². The molecule has 4 nitrogen and oxygen atoms in total. The van der Waals surface area contributed by atoms with E-state index >= 15 is 0 Å². The third-order valence-corrected chi connectivity index (χ3v) is 2.33. The lowest BCUT2D eigenvalue weighted by atomic mass is 10.2. The van der Waals surface area contributed by atoms with E-state index in [4.69, 9.17) is 12.2 Å². The van der Waals surface area contributed by atoms with E-state index in [0.29, 0.717) is 4.99 Å². The Balaban J connectivity index is 2.94. The third kappa shape index (κ3) is 2.26. The quantitative estimate of drug-likeness (QED) is 0.424. The zero-order chi connectivity index (χ0) is 10.7. The molecule has 0 aliphatic carbocycles. The Morgan fingerprint density at radius 1 is 1.36 bits per heavy atom. The van der Waals surface area contributed by atoms with E-state index in [1.54, 1.807) is 17.0 Å². The number of nitro groups is 1. The highest BCUT2D eigenvalue weighted by molar-refractivity contribution is 7.80. The molecule has 1 aromatic rings. The maximum absolute atomic E-state index is 10.4. The largest absolute Gasteiger partial charge is 0.368 e. The van der Waals surface area contributed by atoms with E-state index in [1.807, 2.05) is 14.1 Å². The van der Waals surface area contributed by atoms with Crippen LogP contribution < -0.4 is 0 Å². The van der Waals surface area contributed by atoms with Crippen molar-refractivity contribution < 1.29 is 4.92 Å². The molecular formula is C9H10N2O2S. The van der Waals surface area contributed by atoms with Gasteiger partial charge in [-0.2, -0.15) is 0 Å². The van der Waals surface area contributed by atoms with Crippen molar-refractivity contribution in [3.63, 3.8) is 0 Å². The fourth-order valence-electron chi connectivity index (χ4n) is 0.984. The Hall–Kier alpha value is -1.49. The van der Waals surface area contributed by atoms with Crippen molar-refractivity contribution in [2.75, 3.05) is 14.1 Å². The van der Waals surface area contributed by atoms with E-state index < -0.39 is 4.92 Å². The molecule has 0 aliphatic heterocycles. The van der Waals surface area contributed by atoms with Crippen LogP contribution in [0.5, 0.6) is 0 Å². The highest BCUT2D eigenvalue weighted by atomic mass is 32.1. The second-order valence-electron chi connectivity index (χ2n) is 3.00. The number of nitrogens with zero attached hydrogens (tertiary/aromatic N) is 2. The molecule has 0 saturated carbocycles. The van der Waals surface area contributed by atoms with E-state index in [1.165, 1.54) is 12.1 Å². The average Bonchev–Trinajstić information content (AvgIpc) is 2.16. The highest BCUT2D eigenvalue weighted by Gasteiger charge is 2.07. The Bertz CT molecular complexity index is 360. The van der Waals surface area contributed by atoms with Crippen LogP contribution in [0.25, 0.3) is 0 Å². The minimum Gasteiger partial charge on any atom is -0.368 e. The summed E-state index contributed by atoms with van der Waals surface area (Å²) in [4.78, 5) is 12.4. The van der Waals surface area contributed by atoms with Crippen molar-refractivity contribution in [2.45, 2.75) is 0 Å². The molecule has 0 saturated heterocycles. The Labute approximate surface area is 87.3 Å². The lowest BCUT2D eigenvalue weighted by Crippen LogP contribution is -2.20. The fourth-order valence-corrected chi connectivity index (χ4v) is 1.12. The standard InChI is InChI=1S/C9H10N2O2S/c1-10(2)9(14)7-3-5-8(6-4-7)11(12)13/h3-6H,1-2H3. The molecule has 14 heavy (non-hydrogen) atoms. The molecule has 0 atom stereocenters. The first kappa shape index (κ1) is 10.6. The van der Waals surface area contributed by atoms with Gasteiger partial charge < -0.3 is 4.90 Å². The van der Waals surface area contributed by atoms with Gasteiger partial charge in [0.15, 0.2) is 0 Å². The Morgan fingerprint density at radius 2 is 1.86 bits per heavy atom. The van der Waals surface area contributed by atoms with Crippen LogP contribution in [0.3, 0.4) is 0 Å². The zero-order valence-corrected chi connectivity index (χ0v) is 8.75. The molecule has 1 aromatic carbocycles. The van der Waals surface area contributed by atoms with E-state index in [2.05, 4.69) is 0 Å². The first-order valence-corrected chi connectivity index (χ1v) is 4.39. The van der Waals surface area contributed by atoms with Gasteiger partial charge in [0, 0.05) is 31.8 Å². The molecule has 0 bridgehead atoms. The molecule has 0 N–H and O–H groups in total. The maximum Gasteiger partial charge on any atom is 0.269 e. The highest BCUT2D eigenvalue weighted by Crippen LogP contribution is 2.13. The average molecular weight is 210 g/mol. The number of rotatable bonds is 2. The number of benzene rings is 1. The van der Waals surface area contributed by atoms with E-state index in [0.717, 1.165) is 5.56 Å². The summed E-state index contributed by atoms with van der Waals surface area (Å²) in [7, 11) is 3.67. The van der Waals surface area contributed by atoms with Gasteiger partial charge in [-0.15, -0.1) is 0 Å². The van der Waals surface area contributed by atoms with E-state index in [-0.39, 0.29) is 5.69 Å². The van der Waals surface area contributed by atoms with Crippen molar-refractivity contribution in [3.8, 4) is 0 Å². The molecule has 1 rings (SSSR count). The SMILES string of the molecule is CN(C)C(=S)c1ccc([N+](=O)[O-])cc1. The van der Waals surface area contributed by atoms with Crippen LogP contribution in [0, 0.1) is 10.1 Å². The summed E-state index contributed by atoms with van der Waals surface area (Å²) in [5.41, 5.74) is 0.894. The summed E-state index contributed by atoms with van der Waals surface area (Å²) in [5, 5.41) is 10.4. The monoisotopic (exact) mass is 210 g/mol. The van der Waals surface area contributed by atoms with Crippen LogP contribution in [-0.4, -0.2) is 28.9 Å². The summed E-state index contributed by atoms with van der Waals surface area (Å²) in [6.07, 6.45) is 0. The van der Waals surface area contributed by atoms with Crippen LogP contribution in [0.2, 0.25) is 0 Å². The summed E-state index contributed by atoms with van der Waals surface area (Å²) in [6.45, 7) is 0. The van der Waals surface area contributed by atoms with Gasteiger partial charge in [0.2, 0.25) is 0 Å². The number of hydrogen-bond acceptors (Lipinski definition) is 3. The third-order valence-electron chi connectivity index (χ3n) is 1.73. The molecule has 0 fully saturated rings. The molecular weight excluding hydrogens is 200 g/mol. The van der Waals surface area contributed by atoms with Crippen LogP contribution in [0.4, 0.5) is 5.69 Å². The topological polar surface area (TPSA) is 46.4 Å². The van der Waals surface area contributed by atoms with Crippen molar-refractivity contribution in [1.29, 1.82) is 0 Å². The minimum absolute atomic E-state index is 0.0790. The van der Waals surface area contributed by atoms with Crippen LogP contribution in [0.15, 0.2) is 24.3 Å². The molecule has 74 valence electrons. The molecule has 0 aliphatic rings. The molecule has 0 heterocycles. The number of nitro benzene ring substituents is 1. The number of non-ortho nitro benzene ring substituents is 1. The van der Waals surface area contributed by atoms with Crippen LogP contribution >= 0.6 is 12.2 Å². The summed E-state index contributed by atoms with van der Waals surface area (Å²) in [5.74, 6) is 0. The van der Waals surface area contributed by atoms with Gasteiger partial charge in [-0.1, -0.05) is 12.2 Å². The lowest BCUT2D eigenvalue weighted by Gasteiger charge is -2.12. The first-order valence-electron chi connectivity index (χ1n) is 3.98. The Kier molecular flexibility index (Phi) is 3.14. The molecule has 0 spiro atoms. The van der Waals surface area contributed by atoms with Gasteiger partial charge in [0.1, 0.15) is 4.99 Å². The summed E-state index contributed by atoms with van der Waals surface area (Å²) in [6, 6.07) is 6.21. The van der Waals surface area contributed by atoms with Gasteiger partial charge in [0.05, 0.1) is 4.92 Å². The minimum atomic E-state index is -0.428. The number of hydrogen-bond donors (Lipinski definition) is 0. The van der Waals surface area contributed by atoms with Gasteiger partial charge in [0.25, 0.3) is 5.69 Å². The smallest absolute Gasteiger partial charge is 0.269 e. The molecule has 0 unspecified atom stereocenters. The first-order chi connectivity index (χ1) is 6.52. The predicted molar refractivity (Wildman–Crippen MR) is 58.5 cm³/mol. The fraction of sp³-hybridized carbons (Fsp3) is 0.222. The maximum atomic E-state index is 10.4.